The second kappa shape index (κ2) is 5.92. The van der Waals surface area contributed by atoms with E-state index in [1.165, 1.54) is 12.1 Å². The van der Waals surface area contributed by atoms with Crippen LogP contribution < -0.4 is 5.32 Å². The van der Waals surface area contributed by atoms with Crippen molar-refractivity contribution in [1.82, 2.24) is 5.32 Å². The summed E-state index contributed by atoms with van der Waals surface area (Å²) in [4.78, 5) is 0. The minimum absolute atomic E-state index is 0.170. The molecule has 106 valence electrons. The van der Waals surface area contributed by atoms with Crippen molar-refractivity contribution in [2.75, 3.05) is 20.3 Å². The first-order valence-electron chi connectivity index (χ1n) is 6.40. The van der Waals surface area contributed by atoms with Crippen LogP contribution in [-0.4, -0.2) is 26.3 Å². The zero-order valence-corrected chi connectivity index (χ0v) is 10.8. The molecule has 1 aromatic rings. The molecule has 1 aliphatic rings. The third kappa shape index (κ3) is 3.70. The molecule has 1 N–H and O–H groups in total. The summed E-state index contributed by atoms with van der Waals surface area (Å²) < 4.78 is 43.2. The van der Waals surface area contributed by atoms with Crippen LogP contribution in [0.1, 0.15) is 29.9 Å². The number of hydrogen-bond acceptors (Lipinski definition) is 2. The summed E-state index contributed by atoms with van der Waals surface area (Å²) in [5.74, 6) is 0.170. The van der Waals surface area contributed by atoms with E-state index in [9.17, 15) is 13.2 Å². The molecular weight excluding hydrogens is 255 g/mol. The van der Waals surface area contributed by atoms with Crippen LogP contribution in [0.3, 0.4) is 0 Å². The van der Waals surface area contributed by atoms with E-state index in [2.05, 4.69) is 5.32 Å². The Morgan fingerprint density at radius 2 is 2.16 bits per heavy atom. The van der Waals surface area contributed by atoms with Crippen molar-refractivity contribution in [3.05, 3.63) is 35.4 Å². The third-order valence-electron chi connectivity index (χ3n) is 3.55. The second-order valence-electron chi connectivity index (χ2n) is 4.95. The molecule has 19 heavy (non-hydrogen) atoms. The van der Waals surface area contributed by atoms with Gasteiger partial charge in [-0.3, -0.25) is 0 Å². The zero-order valence-electron chi connectivity index (χ0n) is 10.8. The highest BCUT2D eigenvalue weighted by atomic mass is 19.4. The van der Waals surface area contributed by atoms with E-state index in [0.29, 0.717) is 6.61 Å². The summed E-state index contributed by atoms with van der Waals surface area (Å²) in [6.07, 6.45) is -2.59. The molecule has 0 spiro atoms. The van der Waals surface area contributed by atoms with E-state index in [1.54, 1.807) is 13.2 Å². The number of rotatable bonds is 3. The maximum atomic E-state index is 12.7. The highest BCUT2D eigenvalue weighted by Gasteiger charge is 2.31. The minimum Gasteiger partial charge on any atom is -0.383 e. The Kier molecular flexibility index (Phi) is 4.47. The molecule has 2 nitrogen and oxygen atoms in total. The van der Waals surface area contributed by atoms with Crippen molar-refractivity contribution < 1.29 is 17.9 Å². The molecule has 0 aromatic heterocycles. The first-order valence-corrected chi connectivity index (χ1v) is 6.40. The van der Waals surface area contributed by atoms with Crippen molar-refractivity contribution >= 4 is 0 Å². The molecule has 2 atom stereocenters. The van der Waals surface area contributed by atoms with Gasteiger partial charge in [0.2, 0.25) is 0 Å². The molecule has 1 fully saturated rings. The van der Waals surface area contributed by atoms with Gasteiger partial charge in [0.1, 0.15) is 0 Å². The lowest BCUT2D eigenvalue weighted by molar-refractivity contribution is -0.137. The average molecular weight is 273 g/mol. The Morgan fingerprint density at radius 1 is 1.37 bits per heavy atom. The van der Waals surface area contributed by atoms with Gasteiger partial charge in [-0.1, -0.05) is 18.2 Å². The number of nitrogens with one attached hydrogen (secondary N) is 1. The molecule has 0 radical (unpaired) electrons. The van der Waals surface area contributed by atoms with Crippen LogP contribution >= 0.6 is 0 Å². The fraction of sp³-hybridized carbons (Fsp3) is 0.571. The molecule has 1 saturated heterocycles. The molecule has 1 aromatic carbocycles. The predicted octanol–water partition coefficient (Wildman–Crippen LogP) is 3.19. The number of halogens is 3. The van der Waals surface area contributed by atoms with Gasteiger partial charge in [-0.25, -0.2) is 0 Å². The van der Waals surface area contributed by atoms with E-state index in [-0.39, 0.29) is 12.0 Å². The maximum absolute atomic E-state index is 12.7. The lowest BCUT2D eigenvalue weighted by Gasteiger charge is -2.30. The molecule has 5 heteroatoms. The smallest absolute Gasteiger partial charge is 0.383 e. The van der Waals surface area contributed by atoms with Gasteiger partial charge in [-0.05, 0) is 36.9 Å². The summed E-state index contributed by atoms with van der Waals surface area (Å²) in [5.41, 5.74) is 0.212. The fourth-order valence-electron chi connectivity index (χ4n) is 2.61. The predicted molar refractivity (Wildman–Crippen MR) is 67.1 cm³/mol. The zero-order chi connectivity index (χ0) is 13.9. The van der Waals surface area contributed by atoms with Crippen LogP contribution in [0, 0.1) is 0 Å². The Bertz CT molecular complexity index is 417. The van der Waals surface area contributed by atoms with Gasteiger partial charge in [-0.2, -0.15) is 13.2 Å². The van der Waals surface area contributed by atoms with Gasteiger partial charge in [0.05, 0.1) is 12.2 Å². The lowest BCUT2D eigenvalue weighted by Crippen LogP contribution is -2.40. The molecule has 0 aliphatic carbocycles. The molecule has 1 aliphatic heterocycles. The number of benzene rings is 1. The molecule has 1 heterocycles. The minimum atomic E-state index is -4.27. The van der Waals surface area contributed by atoms with Crippen LogP contribution in [-0.2, 0) is 10.9 Å². The Morgan fingerprint density at radius 3 is 2.84 bits per heavy atom. The number of methoxy groups -OCH3 is 1. The number of piperidine rings is 1. The van der Waals surface area contributed by atoms with Gasteiger partial charge in [0.15, 0.2) is 0 Å². The van der Waals surface area contributed by atoms with E-state index in [0.717, 1.165) is 31.0 Å². The SMILES string of the molecule is COCC1CC(c2cccc(C(F)(F)F)c2)CCN1. The quantitative estimate of drug-likeness (QED) is 0.913. The van der Waals surface area contributed by atoms with Gasteiger partial charge in [0, 0.05) is 13.2 Å². The van der Waals surface area contributed by atoms with Crippen molar-refractivity contribution in [1.29, 1.82) is 0 Å². The number of ether oxygens (including phenoxy) is 1. The van der Waals surface area contributed by atoms with Crippen molar-refractivity contribution in [2.45, 2.75) is 31.0 Å². The second-order valence-corrected chi connectivity index (χ2v) is 4.95. The van der Waals surface area contributed by atoms with Crippen LogP contribution in [0.25, 0.3) is 0 Å². The third-order valence-corrected chi connectivity index (χ3v) is 3.55. The average Bonchev–Trinajstić information content (AvgIpc) is 2.39. The maximum Gasteiger partial charge on any atom is 0.416 e. The monoisotopic (exact) mass is 273 g/mol. The number of hydrogen-bond donors (Lipinski definition) is 1. The summed E-state index contributed by atoms with van der Waals surface area (Å²) in [5, 5.41) is 3.32. The Labute approximate surface area is 111 Å². The lowest BCUT2D eigenvalue weighted by atomic mass is 9.86. The molecular formula is C14H18F3NO. The van der Waals surface area contributed by atoms with Gasteiger partial charge < -0.3 is 10.1 Å². The van der Waals surface area contributed by atoms with E-state index in [4.69, 9.17) is 4.74 Å². The fourth-order valence-corrected chi connectivity index (χ4v) is 2.61. The van der Waals surface area contributed by atoms with Crippen molar-refractivity contribution in [2.24, 2.45) is 0 Å². The first kappa shape index (κ1) is 14.3. The van der Waals surface area contributed by atoms with E-state index in [1.807, 2.05) is 0 Å². The normalized spacial score (nSPS) is 24.4. The molecule has 0 bridgehead atoms. The van der Waals surface area contributed by atoms with Crippen LogP contribution in [0.15, 0.2) is 24.3 Å². The summed E-state index contributed by atoms with van der Waals surface area (Å²) >= 11 is 0. The largest absolute Gasteiger partial charge is 0.416 e. The van der Waals surface area contributed by atoms with Crippen LogP contribution in [0.5, 0.6) is 0 Å². The Balaban J connectivity index is 2.13. The molecule has 2 unspecified atom stereocenters. The van der Waals surface area contributed by atoms with Gasteiger partial charge >= 0.3 is 6.18 Å². The highest BCUT2D eigenvalue weighted by Crippen LogP contribution is 2.34. The Hall–Kier alpha value is -1.07. The van der Waals surface area contributed by atoms with Crippen molar-refractivity contribution in [3.8, 4) is 0 Å². The van der Waals surface area contributed by atoms with Crippen LogP contribution in [0.2, 0.25) is 0 Å². The highest BCUT2D eigenvalue weighted by molar-refractivity contribution is 5.28. The summed E-state index contributed by atoms with van der Waals surface area (Å²) in [6, 6.07) is 5.90. The molecule has 0 saturated carbocycles. The standard InChI is InChI=1S/C14H18F3NO/c1-19-9-13-8-11(5-6-18-13)10-3-2-4-12(7-10)14(15,16)17/h2-4,7,11,13,18H,5-6,8-9H2,1H3. The molecule has 2 rings (SSSR count). The summed E-state index contributed by atoms with van der Waals surface area (Å²) in [7, 11) is 1.63. The summed E-state index contributed by atoms with van der Waals surface area (Å²) in [6.45, 7) is 1.41. The van der Waals surface area contributed by atoms with E-state index >= 15 is 0 Å². The first-order chi connectivity index (χ1) is 9.00. The van der Waals surface area contributed by atoms with Crippen molar-refractivity contribution in [3.63, 3.8) is 0 Å². The van der Waals surface area contributed by atoms with Gasteiger partial charge in [0.25, 0.3) is 0 Å². The van der Waals surface area contributed by atoms with Crippen LogP contribution in [0.4, 0.5) is 13.2 Å². The molecule has 0 amide bonds. The van der Waals surface area contributed by atoms with E-state index < -0.39 is 11.7 Å². The number of alkyl halides is 3. The van der Waals surface area contributed by atoms with Gasteiger partial charge in [-0.15, -0.1) is 0 Å². The topological polar surface area (TPSA) is 21.3 Å².